The summed E-state index contributed by atoms with van der Waals surface area (Å²) in [6.07, 6.45) is 4.40. The standard InChI is InChI=1S/C25H29N3O3S/c1-4-20-7-9-21(10-8-20)17-28(18-22-6-5-15-26-16-22)25(29)23-11-13-24(14-12-23)32(30,31)27-19(2)3/h5-16,19,27H,4,17-18H2,1-3H3. The fourth-order valence-electron chi connectivity index (χ4n) is 3.35. The van der Waals surface area contributed by atoms with Gasteiger partial charge in [0, 0.05) is 37.1 Å². The van der Waals surface area contributed by atoms with Crippen LogP contribution < -0.4 is 4.72 Å². The number of hydrogen-bond donors (Lipinski definition) is 1. The molecule has 168 valence electrons. The fraction of sp³-hybridized carbons (Fsp3) is 0.280. The summed E-state index contributed by atoms with van der Waals surface area (Å²) in [6.45, 7) is 6.47. The van der Waals surface area contributed by atoms with Gasteiger partial charge in [-0.05, 0) is 67.3 Å². The first kappa shape index (κ1) is 23.6. The maximum Gasteiger partial charge on any atom is 0.254 e. The van der Waals surface area contributed by atoms with E-state index in [-0.39, 0.29) is 16.8 Å². The van der Waals surface area contributed by atoms with E-state index in [0.717, 1.165) is 17.5 Å². The van der Waals surface area contributed by atoms with Crippen LogP contribution in [0.4, 0.5) is 0 Å². The number of carbonyl (C=O) groups is 1. The van der Waals surface area contributed by atoms with Crippen LogP contribution in [-0.4, -0.2) is 30.3 Å². The van der Waals surface area contributed by atoms with Gasteiger partial charge in [-0.3, -0.25) is 9.78 Å². The molecule has 3 aromatic rings. The number of benzene rings is 2. The van der Waals surface area contributed by atoms with Gasteiger partial charge < -0.3 is 4.90 Å². The smallest absolute Gasteiger partial charge is 0.254 e. The van der Waals surface area contributed by atoms with Gasteiger partial charge in [0.25, 0.3) is 5.91 Å². The largest absolute Gasteiger partial charge is 0.330 e. The van der Waals surface area contributed by atoms with E-state index in [0.29, 0.717) is 18.7 Å². The molecule has 0 saturated carbocycles. The van der Waals surface area contributed by atoms with E-state index < -0.39 is 10.0 Å². The van der Waals surface area contributed by atoms with Crippen molar-refractivity contribution in [3.63, 3.8) is 0 Å². The van der Waals surface area contributed by atoms with E-state index in [2.05, 4.69) is 28.8 Å². The van der Waals surface area contributed by atoms with Crippen molar-refractivity contribution in [2.45, 2.75) is 51.2 Å². The molecule has 1 heterocycles. The molecule has 1 aromatic heterocycles. The monoisotopic (exact) mass is 451 g/mol. The molecular formula is C25H29N3O3S. The van der Waals surface area contributed by atoms with E-state index in [1.54, 1.807) is 43.3 Å². The second-order valence-electron chi connectivity index (χ2n) is 7.99. The maximum atomic E-state index is 13.4. The van der Waals surface area contributed by atoms with Crippen LogP contribution in [0.3, 0.4) is 0 Å². The van der Waals surface area contributed by atoms with E-state index in [1.165, 1.54) is 17.7 Å². The van der Waals surface area contributed by atoms with E-state index >= 15 is 0 Å². The summed E-state index contributed by atoms with van der Waals surface area (Å²) in [5.41, 5.74) is 3.62. The first-order valence-electron chi connectivity index (χ1n) is 10.7. The van der Waals surface area contributed by atoms with Gasteiger partial charge >= 0.3 is 0 Å². The van der Waals surface area contributed by atoms with Gasteiger partial charge in [-0.1, -0.05) is 37.3 Å². The Labute approximate surface area is 190 Å². The number of nitrogens with zero attached hydrogens (tertiary/aromatic N) is 2. The van der Waals surface area contributed by atoms with E-state index in [9.17, 15) is 13.2 Å². The topological polar surface area (TPSA) is 79.4 Å². The summed E-state index contributed by atoms with van der Waals surface area (Å²) in [6, 6.07) is 17.8. The normalized spacial score (nSPS) is 11.5. The molecule has 0 unspecified atom stereocenters. The molecule has 1 amide bonds. The lowest BCUT2D eigenvalue weighted by atomic mass is 10.1. The van der Waals surface area contributed by atoms with Crippen LogP contribution in [0, 0.1) is 0 Å². The van der Waals surface area contributed by atoms with Crippen molar-refractivity contribution < 1.29 is 13.2 Å². The molecule has 0 aliphatic heterocycles. The number of carbonyl (C=O) groups excluding carboxylic acids is 1. The Bertz CT molecular complexity index is 1130. The Morgan fingerprint density at radius 2 is 1.56 bits per heavy atom. The first-order valence-corrected chi connectivity index (χ1v) is 12.1. The highest BCUT2D eigenvalue weighted by Gasteiger charge is 2.20. The summed E-state index contributed by atoms with van der Waals surface area (Å²) in [4.78, 5) is 19.4. The molecule has 0 aliphatic rings. The van der Waals surface area contributed by atoms with E-state index in [4.69, 9.17) is 0 Å². The van der Waals surface area contributed by atoms with Crippen LogP contribution in [-0.2, 0) is 29.5 Å². The van der Waals surface area contributed by atoms with Crippen molar-refractivity contribution in [2.75, 3.05) is 0 Å². The predicted molar refractivity (Wildman–Crippen MR) is 126 cm³/mol. The Balaban J connectivity index is 1.85. The molecule has 3 rings (SSSR count). The highest BCUT2D eigenvalue weighted by Crippen LogP contribution is 2.17. The van der Waals surface area contributed by atoms with Gasteiger partial charge in [-0.25, -0.2) is 13.1 Å². The van der Waals surface area contributed by atoms with Gasteiger partial charge in [-0.2, -0.15) is 0 Å². The van der Waals surface area contributed by atoms with Crippen LogP contribution in [0.5, 0.6) is 0 Å². The number of rotatable bonds is 9. The Kier molecular flexibility index (Phi) is 7.77. The summed E-state index contributed by atoms with van der Waals surface area (Å²) in [7, 11) is -3.61. The third-order valence-corrected chi connectivity index (χ3v) is 6.66. The number of aryl methyl sites for hydroxylation is 1. The maximum absolute atomic E-state index is 13.4. The summed E-state index contributed by atoms with van der Waals surface area (Å²) in [5, 5.41) is 0. The molecule has 0 bridgehead atoms. The summed E-state index contributed by atoms with van der Waals surface area (Å²) in [5.74, 6) is -0.172. The molecule has 7 heteroatoms. The molecule has 1 N–H and O–H groups in total. The average Bonchev–Trinajstić information content (AvgIpc) is 2.78. The van der Waals surface area contributed by atoms with Gasteiger partial charge in [0.15, 0.2) is 0 Å². The van der Waals surface area contributed by atoms with Crippen LogP contribution >= 0.6 is 0 Å². The second kappa shape index (κ2) is 10.5. The Morgan fingerprint density at radius 3 is 2.12 bits per heavy atom. The molecule has 0 atom stereocenters. The first-order chi connectivity index (χ1) is 15.3. The zero-order valence-electron chi connectivity index (χ0n) is 18.7. The molecular weight excluding hydrogens is 422 g/mol. The van der Waals surface area contributed by atoms with Gasteiger partial charge in [0.05, 0.1) is 4.90 Å². The third-order valence-electron chi connectivity index (χ3n) is 4.99. The van der Waals surface area contributed by atoms with Crippen molar-refractivity contribution >= 4 is 15.9 Å². The van der Waals surface area contributed by atoms with Crippen LogP contribution in [0.2, 0.25) is 0 Å². The minimum Gasteiger partial charge on any atom is -0.330 e. The van der Waals surface area contributed by atoms with Crippen molar-refractivity contribution in [3.8, 4) is 0 Å². The fourth-order valence-corrected chi connectivity index (χ4v) is 4.60. The lowest BCUT2D eigenvalue weighted by Gasteiger charge is -2.23. The number of amides is 1. The minimum absolute atomic E-state index is 0.136. The summed E-state index contributed by atoms with van der Waals surface area (Å²) >= 11 is 0. The van der Waals surface area contributed by atoms with Gasteiger partial charge in [0.1, 0.15) is 0 Å². The highest BCUT2D eigenvalue weighted by atomic mass is 32.2. The molecule has 32 heavy (non-hydrogen) atoms. The predicted octanol–water partition coefficient (Wildman–Crippen LogP) is 4.17. The number of aromatic nitrogens is 1. The Hall–Kier alpha value is -3.03. The minimum atomic E-state index is -3.61. The van der Waals surface area contributed by atoms with Crippen molar-refractivity contribution in [3.05, 3.63) is 95.3 Å². The molecule has 0 radical (unpaired) electrons. The van der Waals surface area contributed by atoms with Crippen LogP contribution in [0.1, 0.15) is 47.8 Å². The van der Waals surface area contributed by atoms with Crippen LogP contribution in [0.25, 0.3) is 0 Å². The number of hydrogen-bond acceptors (Lipinski definition) is 4. The average molecular weight is 452 g/mol. The molecule has 6 nitrogen and oxygen atoms in total. The number of sulfonamides is 1. The quantitative estimate of drug-likeness (QED) is 0.529. The number of nitrogens with one attached hydrogen (secondary N) is 1. The molecule has 0 saturated heterocycles. The van der Waals surface area contributed by atoms with Crippen molar-refractivity contribution in [2.24, 2.45) is 0 Å². The molecule has 0 spiro atoms. The second-order valence-corrected chi connectivity index (χ2v) is 9.71. The van der Waals surface area contributed by atoms with Gasteiger partial charge in [0.2, 0.25) is 10.0 Å². The SMILES string of the molecule is CCc1ccc(CN(Cc2cccnc2)C(=O)c2ccc(S(=O)(=O)NC(C)C)cc2)cc1. The zero-order chi connectivity index (χ0) is 23.1. The summed E-state index contributed by atoms with van der Waals surface area (Å²) < 4.78 is 27.3. The van der Waals surface area contributed by atoms with Crippen molar-refractivity contribution in [1.29, 1.82) is 0 Å². The van der Waals surface area contributed by atoms with E-state index in [1.807, 2.05) is 24.3 Å². The van der Waals surface area contributed by atoms with Crippen molar-refractivity contribution in [1.82, 2.24) is 14.6 Å². The molecule has 2 aromatic carbocycles. The lowest BCUT2D eigenvalue weighted by Crippen LogP contribution is -2.31. The number of pyridine rings is 1. The zero-order valence-corrected chi connectivity index (χ0v) is 19.5. The third kappa shape index (κ3) is 6.24. The highest BCUT2D eigenvalue weighted by molar-refractivity contribution is 7.89. The molecule has 0 fully saturated rings. The Morgan fingerprint density at radius 1 is 0.938 bits per heavy atom. The van der Waals surface area contributed by atoms with Crippen LogP contribution in [0.15, 0.2) is 78.0 Å². The van der Waals surface area contributed by atoms with Gasteiger partial charge in [-0.15, -0.1) is 0 Å². The molecule has 0 aliphatic carbocycles. The lowest BCUT2D eigenvalue weighted by molar-refractivity contribution is 0.0729.